The van der Waals surface area contributed by atoms with Crippen LogP contribution in [0.3, 0.4) is 0 Å². The van der Waals surface area contributed by atoms with E-state index in [0.717, 1.165) is 24.8 Å². The summed E-state index contributed by atoms with van der Waals surface area (Å²) in [5.74, 6) is 0.235. The van der Waals surface area contributed by atoms with Gasteiger partial charge in [0.2, 0.25) is 0 Å². The van der Waals surface area contributed by atoms with E-state index in [-0.39, 0.29) is 5.78 Å². The van der Waals surface area contributed by atoms with Crippen LogP contribution in [0.15, 0.2) is 23.3 Å². The van der Waals surface area contributed by atoms with Crippen LogP contribution in [0.5, 0.6) is 0 Å². The molecule has 0 N–H and O–H groups in total. The van der Waals surface area contributed by atoms with Gasteiger partial charge in [0.1, 0.15) is 0 Å². The standard InChI is InChI=1S/C12H18O/c1-3-7-12(13)11-9-6-5-8-10(11)4-2/h3,7H,4-6,8-9H2,1-2H3/b7-3+. The minimum atomic E-state index is 0.235. The first kappa shape index (κ1) is 10.2. The van der Waals surface area contributed by atoms with Gasteiger partial charge in [0.25, 0.3) is 0 Å². The molecule has 1 rings (SSSR count). The third kappa shape index (κ3) is 2.55. The normalized spacial score (nSPS) is 18.3. The lowest BCUT2D eigenvalue weighted by atomic mass is 9.88. The van der Waals surface area contributed by atoms with Crippen molar-refractivity contribution in [3.05, 3.63) is 23.3 Å². The lowest BCUT2D eigenvalue weighted by molar-refractivity contribution is -0.111. The van der Waals surface area contributed by atoms with E-state index in [1.165, 1.54) is 18.4 Å². The van der Waals surface area contributed by atoms with Crippen LogP contribution in [0, 0.1) is 0 Å². The summed E-state index contributed by atoms with van der Waals surface area (Å²) in [6.07, 6.45) is 9.13. The van der Waals surface area contributed by atoms with Crippen molar-refractivity contribution in [1.29, 1.82) is 0 Å². The molecule has 0 aliphatic heterocycles. The Labute approximate surface area is 80.5 Å². The highest BCUT2D eigenvalue weighted by atomic mass is 16.1. The zero-order valence-corrected chi connectivity index (χ0v) is 8.60. The highest BCUT2D eigenvalue weighted by Gasteiger charge is 2.15. The van der Waals surface area contributed by atoms with Crippen LogP contribution in [0.25, 0.3) is 0 Å². The molecule has 0 aromatic heterocycles. The van der Waals surface area contributed by atoms with E-state index in [4.69, 9.17) is 0 Å². The van der Waals surface area contributed by atoms with Crippen molar-refractivity contribution in [2.45, 2.75) is 46.0 Å². The maximum Gasteiger partial charge on any atom is 0.181 e. The predicted octanol–water partition coefficient (Wildman–Crippen LogP) is 3.41. The largest absolute Gasteiger partial charge is 0.290 e. The molecule has 0 amide bonds. The number of hydrogen-bond donors (Lipinski definition) is 0. The van der Waals surface area contributed by atoms with Gasteiger partial charge in [-0.25, -0.2) is 0 Å². The van der Waals surface area contributed by atoms with Crippen molar-refractivity contribution in [3.8, 4) is 0 Å². The maximum atomic E-state index is 11.6. The second kappa shape index (κ2) is 5.00. The summed E-state index contributed by atoms with van der Waals surface area (Å²) < 4.78 is 0. The summed E-state index contributed by atoms with van der Waals surface area (Å²) in [6, 6.07) is 0. The molecule has 1 aliphatic rings. The monoisotopic (exact) mass is 178 g/mol. The molecule has 0 radical (unpaired) electrons. The van der Waals surface area contributed by atoms with Gasteiger partial charge in [0.05, 0.1) is 0 Å². The van der Waals surface area contributed by atoms with Crippen molar-refractivity contribution in [2.75, 3.05) is 0 Å². The first-order valence-electron chi connectivity index (χ1n) is 5.17. The van der Waals surface area contributed by atoms with Crippen LogP contribution in [0.2, 0.25) is 0 Å². The Morgan fingerprint density at radius 2 is 2.08 bits per heavy atom. The molecule has 1 heteroatoms. The first-order chi connectivity index (χ1) is 6.29. The maximum absolute atomic E-state index is 11.6. The van der Waals surface area contributed by atoms with Gasteiger partial charge in [-0.2, -0.15) is 0 Å². The lowest BCUT2D eigenvalue weighted by Gasteiger charge is -2.17. The Bertz CT molecular complexity index is 246. The molecule has 1 aliphatic carbocycles. The van der Waals surface area contributed by atoms with Gasteiger partial charge in [0.15, 0.2) is 5.78 Å². The summed E-state index contributed by atoms with van der Waals surface area (Å²) in [7, 11) is 0. The van der Waals surface area contributed by atoms with E-state index in [1.807, 2.05) is 13.0 Å². The van der Waals surface area contributed by atoms with Gasteiger partial charge in [-0.3, -0.25) is 4.79 Å². The van der Waals surface area contributed by atoms with E-state index >= 15 is 0 Å². The molecule has 0 saturated carbocycles. The summed E-state index contributed by atoms with van der Waals surface area (Å²) >= 11 is 0. The Hall–Kier alpha value is -0.850. The third-order valence-electron chi connectivity index (χ3n) is 2.62. The van der Waals surface area contributed by atoms with E-state index in [9.17, 15) is 4.79 Å². The fraction of sp³-hybridized carbons (Fsp3) is 0.583. The van der Waals surface area contributed by atoms with E-state index in [2.05, 4.69) is 6.92 Å². The molecule has 0 saturated heterocycles. The Morgan fingerprint density at radius 3 is 2.69 bits per heavy atom. The SMILES string of the molecule is C/C=C/C(=O)C1=C(CC)CCCC1. The lowest BCUT2D eigenvalue weighted by Crippen LogP contribution is -2.07. The van der Waals surface area contributed by atoms with Crippen LogP contribution in [-0.2, 0) is 4.79 Å². The third-order valence-corrected chi connectivity index (χ3v) is 2.62. The molecular weight excluding hydrogens is 160 g/mol. The zero-order chi connectivity index (χ0) is 9.68. The molecule has 0 bridgehead atoms. The molecule has 0 unspecified atom stereocenters. The average Bonchev–Trinajstić information content (AvgIpc) is 2.18. The second-order valence-corrected chi connectivity index (χ2v) is 3.51. The average molecular weight is 178 g/mol. The fourth-order valence-electron chi connectivity index (χ4n) is 1.91. The molecule has 13 heavy (non-hydrogen) atoms. The molecule has 0 spiro atoms. The van der Waals surface area contributed by atoms with Gasteiger partial charge in [-0.1, -0.05) is 18.6 Å². The van der Waals surface area contributed by atoms with Crippen LogP contribution in [0.1, 0.15) is 46.0 Å². The van der Waals surface area contributed by atoms with Crippen LogP contribution in [-0.4, -0.2) is 5.78 Å². The van der Waals surface area contributed by atoms with Gasteiger partial charge in [0, 0.05) is 0 Å². The highest BCUT2D eigenvalue weighted by Crippen LogP contribution is 2.27. The number of ketones is 1. The summed E-state index contributed by atoms with van der Waals surface area (Å²) in [4.78, 5) is 11.6. The van der Waals surface area contributed by atoms with Gasteiger partial charge in [-0.15, -0.1) is 0 Å². The molecule has 0 fully saturated rings. The first-order valence-corrected chi connectivity index (χ1v) is 5.17. The van der Waals surface area contributed by atoms with Gasteiger partial charge < -0.3 is 0 Å². The zero-order valence-electron chi connectivity index (χ0n) is 8.60. The van der Waals surface area contributed by atoms with E-state index in [1.54, 1.807) is 6.08 Å². The van der Waals surface area contributed by atoms with Crippen molar-refractivity contribution < 1.29 is 4.79 Å². The molecule has 0 heterocycles. The van der Waals surface area contributed by atoms with Crippen molar-refractivity contribution in [3.63, 3.8) is 0 Å². The van der Waals surface area contributed by atoms with Gasteiger partial charge in [-0.05, 0) is 50.7 Å². The van der Waals surface area contributed by atoms with Gasteiger partial charge >= 0.3 is 0 Å². The molecule has 72 valence electrons. The smallest absolute Gasteiger partial charge is 0.181 e. The molecule has 1 nitrogen and oxygen atoms in total. The number of carbonyl (C=O) groups is 1. The Morgan fingerprint density at radius 1 is 1.38 bits per heavy atom. The minimum absolute atomic E-state index is 0.235. The minimum Gasteiger partial charge on any atom is -0.290 e. The number of hydrogen-bond acceptors (Lipinski definition) is 1. The van der Waals surface area contributed by atoms with Crippen LogP contribution >= 0.6 is 0 Å². The summed E-state index contributed by atoms with van der Waals surface area (Å²) in [5, 5.41) is 0. The van der Waals surface area contributed by atoms with E-state index < -0.39 is 0 Å². The second-order valence-electron chi connectivity index (χ2n) is 3.51. The van der Waals surface area contributed by atoms with Crippen molar-refractivity contribution in [1.82, 2.24) is 0 Å². The molecule has 0 aromatic carbocycles. The number of rotatable bonds is 3. The topological polar surface area (TPSA) is 17.1 Å². The van der Waals surface area contributed by atoms with Crippen molar-refractivity contribution >= 4 is 5.78 Å². The highest BCUT2D eigenvalue weighted by molar-refractivity contribution is 6.04. The molecule has 0 aromatic rings. The van der Waals surface area contributed by atoms with E-state index in [0.29, 0.717) is 0 Å². The van der Waals surface area contributed by atoms with Crippen molar-refractivity contribution in [2.24, 2.45) is 0 Å². The Balaban J connectivity index is 2.84. The quantitative estimate of drug-likeness (QED) is 0.605. The molecular formula is C12H18O. The Kier molecular flexibility index (Phi) is 3.94. The molecule has 0 atom stereocenters. The predicted molar refractivity (Wildman–Crippen MR) is 55.6 cm³/mol. The number of allylic oxidation sites excluding steroid dienone is 4. The summed E-state index contributed by atoms with van der Waals surface area (Å²) in [5.41, 5.74) is 2.47. The van der Waals surface area contributed by atoms with Crippen LogP contribution in [0.4, 0.5) is 0 Å². The fourth-order valence-corrected chi connectivity index (χ4v) is 1.91. The van der Waals surface area contributed by atoms with Crippen LogP contribution < -0.4 is 0 Å². The summed E-state index contributed by atoms with van der Waals surface area (Å²) in [6.45, 7) is 4.04. The number of carbonyl (C=O) groups excluding carboxylic acids is 1.